The molecule has 0 aliphatic carbocycles. The van der Waals surface area contributed by atoms with E-state index in [-0.39, 0.29) is 2.85 Å². The van der Waals surface area contributed by atoms with Crippen LogP contribution in [0.15, 0.2) is 0 Å². The summed E-state index contributed by atoms with van der Waals surface area (Å²) in [6.07, 6.45) is 3.68. The molecule has 0 saturated heterocycles. The van der Waals surface area contributed by atoms with Crippen molar-refractivity contribution in [2.45, 2.75) is 25.5 Å². The maximum absolute atomic E-state index is 5.16. The number of rotatable bonds is 3. The number of hydrogen-bond donors (Lipinski definition) is 0. The first-order chi connectivity index (χ1) is 2.91. The molecule has 0 fully saturated rings. The summed E-state index contributed by atoms with van der Waals surface area (Å²) in [7, 11) is 10.3. The van der Waals surface area contributed by atoms with E-state index in [9.17, 15) is 0 Å². The molecule has 0 aromatic carbocycles. The molecule has 0 aliphatic heterocycles. The van der Waals surface area contributed by atoms with Gasteiger partial charge in [0.25, 0.3) is 0 Å². The maximum atomic E-state index is 5.16. The molecule has 6 heavy (non-hydrogen) atoms. The Hall–Kier alpha value is 0.130. The van der Waals surface area contributed by atoms with Crippen LogP contribution in [0.1, 0.15) is 15.7 Å². The number of hydrogen-bond acceptors (Lipinski definition) is 0. The summed E-state index contributed by atoms with van der Waals surface area (Å²) >= 11 is 0. The lowest BCUT2D eigenvalue weighted by molar-refractivity contribution is 0.881. The van der Waals surface area contributed by atoms with E-state index in [4.69, 9.17) is 15.7 Å². The molecule has 0 amide bonds. The highest BCUT2D eigenvalue weighted by atomic mass is 13.7. The second-order valence-electron chi connectivity index (χ2n) is 1.28. The van der Waals surface area contributed by atoms with Gasteiger partial charge in [-0.1, -0.05) is 12.8 Å². The summed E-state index contributed by atoms with van der Waals surface area (Å²) in [5.74, 6) is 0. The highest BCUT2D eigenvalue weighted by Gasteiger charge is 1.61. The highest BCUT2D eigenvalue weighted by Crippen LogP contribution is 1.93. The van der Waals surface area contributed by atoms with E-state index < -0.39 is 0 Å². The van der Waals surface area contributed by atoms with Crippen LogP contribution in [0.2, 0.25) is 12.6 Å². The third-order valence-electron chi connectivity index (χ3n) is 0.658. The van der Waals surface area contributed by atoms with Crippen molar-refractivity contribution in [2.24, 2.45) is 0 Å². The molecule has 0 bridgehead atoms. The normalized spacial score (nSPS) is 9.00. The molecule has 0 aromatic heterocycles. The van der Waals surface area contributed by atoms with E-state index in [1.165, 1.54) is 0 Å². The van der Waals surface area contributed by atoms with Gasteiger partial charge in [-0.2, -0.15) is 0 Å². The van der Waals surface area contributed by atoms with Gasteiger partial charge in [-0.25, -0.2) is 0 Å². The Bertz CT molecular complexity index is 24.0. The molecule has 0 saturated carbocycles. The third kappa shape index (κ3) is 4.13. The summed E-state index contributed by atoms with van der Waals surface area (Å²) in [5.41, 5.74) is 0. The smallest absolute Gasteiger partial charge is 0.626 e. The van der Waals surface area contributed by atoms with Gasteiger partial charge in [-0.05, 0) is 0 Å². The molecule has 6 radical (unpaired) electrons. The Morgan fingerprint density at radius 2 is 1.33 bits per heavy atom. The first-order valence-electron chi connectivity index (χ1n) is 2.32. The van der Waals surface area contributed by atoms with Gasteiger partial charge in [0.05, 0.1) is 0 Å². The van der Waals surface area contributed by atoms with E-state index in [0.717, 1.165) is 25.5 Å². The summed E-state index contributed by atoms with van der Waals surface area (Å²) in [4.78, 5) is 0. The van der Waals surface area contributed by atoms with Crippen LogP contribution in [0.25, 0.3) is 0 Å². The quantitative estimate of drug-likeness (QED) is 0.352. The first kappa shape index (κ1) is 6.13. The van der Waals surface area contributed by atoms with E-state index in [1.54, 1.807) is 0 Å². The zero-order chi connectivity index (χ0) is 4.83. The number of unbranched alkanes of at least 4 members (excludes halogenated alkanes) is 1. The summed E-state index contributed by atoms with van der Waals surface area (Å²) in [5, 5.41) is 0. The van der Waals surface area contributed by atoms with Crippen LogP contribution in [-0.4, -0.2) is 15.7 Å². The van der Waals surface area contributed by atoms with Crippen molar-refractivity contribution < 1.29 is 2.85 Å². The maximum Gasteiger partial charge on any atom is 1.00 e. The second-order valence-corrected chi connectivity index (χ2v) is 1.28. The lowest BCUT2D eigenvalue weighted by Gasteiger charge is -2.04. The van der Waals surface area contributed by atoms with Crippen LogP contribution in [0, 0.1) is 0 Å². The Morgan fingerprint density at radius 3 is 1.50 bits per heavy atom. The summed E-state index contributed by atoms with van der Waals surface area (Å²) in [6.45, 7) is 0. The van der Waals surface area contributed by atoms with Crippen LogP contribution in [-0.2, 0) is 0 Å². The summed E-state index contributed by atoms with van der Waals surface area (Å²) in [6, 6.07) is 0. The molecule has 0 spiro atoms. The van der Waals surface area contributed by atoms with Crippen LogP contribution >= 0.6 is 0 Å². The average Bonchev–Trinajstić information content (AvgIpc) is 1.61. The van der Waals surface area contributed by atoms with Gasteiger partial charge in [0.15, 0.2) is 0 Å². The van der Waals surface area contributed by atoms with Gasteiger partial charge in [0, 0.05) is 0 Å². The first-order valence-corrected chi connectivity index (χ1v) is 2.32. The topological polar surface area (TPSA) is 0 Å². The standard InChI is InChI=1S/C4H8B2/c5-3-1-2-4-6/h1-4H2/q-2/p+2. The van der Waals surface area contributed by atoms with Gasteiger partial charge in [0.2, 0.25) is 0 Å². The third-order valence-corrected chi connectivity index (χ3v) is 0.658. The molecule has 0 atom stereocenters. The summed E-state index contributed by atoms with van der Waals surface area (Å²) < 4.78 is 0. The monoisotopic (exact) mass is 80.1 g/mol. The van der Waals surface area contributed by atoms with Crippen molar-refractivity contribution in [3.63, 3.8) is 0 Å². The zero-order valence-corrected chi connectivity index (χ0v) is 3.98. The van der Waals surface area contributed by atoms with E-state index in [2.05, 4.69) is 0 Å². The second kappa shape index (κ2) is 5.13. The van der Waals surface area contributed by atoms with E-state index in [1.807, 2.05) is 0 Å². The molecule has 0 rings (SSSR count). The zero-order valence-electron chi connectivity index (χ0n) is 5.98. The molecule has 0 aliphatic rings. The van der Waals surface area contributed by atoms with Crippen molar-refractivity contribution in [2.75, 3.05) is 0 Å². The molecular formula is C4H10B2. The fourth-order valence-corrected chi connectivity index (χ4v) is 0.289. The Balaban J connectivity index is -0.000000125. The minimum absolute atomic E-state index is 0. The molecular weight excluding hydrogens is 69.7 g/mol. The predicted molar refractivity (Wildman–Crippen MR) is 32.6 cm³/mol. The van der Waals surface area contributed by atoms with Gasteiger partial charge in [-0.15, -0.1) is 0 Å². The minimum atomic E-state index is 0. The molecule has 32 valence electrons. The van der Waals surface area contributed by atoms with Crippen molar-refractivity contribution in [1.82, 2.24) is 0 Å². The molecule has 0 N–H and O–H groups in total. The van der Waals surface area contributed by atoms with Crippen molar-refractivity contribution in [3.05, 3.63) is 0 Å². The SMILES string of the molecule is [B-]CCCC[B-].[H+].[H+]. The Kier molecular flexibility index (Phi) is 5.24. The Morgan fingerprint density at radius 1 is 1.00 bits per heavy atom. The molecule has 0 heterocycles. The average molecular weight is 79.7 g/mol. The molecule has 0 aromatic rings. The van der Waals surface area contributed by atoms with Gasteiger partial charge < -0.3 is 15.7 Å². The predicted octanol–water partition coefficient (Wildman–Crippen LogP) is 1.17. The van der Waals surface area contributed by atoms with Crippen LogP contribution < -0.4 is 0 Å². The largest absolute Gasteiger partial charge is 1.00 e. The van der Waals surface area contributed by atoms with Gasteiger partial charge >= 0.3 is 2.85 Å². The highest BCUT2D eigenvalue weighted by molar-refractivity contribution is 6.09. The van der Waals surface area contributed by atoms with Crippen molar-refractivity contribution in [1.29, 1.82) is 0 Å². The molecule has 0 unspecified atom stereocenters. The van der Waals surface area contributed by atoms with Crippen LogP contribution in [0.4, 0.5) is 0 Å². The lowest BCUT2D eigenvalue weighted by atomic mass is 9.94. The minimum Gasteiger partial charge on any atom is -0.626 e. The fourth-order valence-electron chi connectivity index (χ4n) is 0.289. The molecule has 2 heteroatoms. The lowest BCUT2D eigenvalue weighted by Crippen LogP contribution is -1.71. The van der Waals surface area contributed by atoms with Crippen LogP contribution in [0.5, 0.6) is 0 Å². The van der Waals surface area contributed by atoms with Crippen molar-refractivity contribution in [3.8, 4) is 0 Å². The Labute approximate surface area is 45.1 Å². The van der Waals surface area contributed by atoms with Crippen LogP contribution in [0.3, 0.4) is 0 Å². The van der Waals surface area contributed by atoms with E-state index >= 15 is 0 Å². The van der Waals surface area contributed by atoms with Crippen molar-refractivity contribution >= 4 is 15.7 Å². The van der Waals surface area contributed by atoms with Gasteiger partial charge in [0.1, 0.15) is 0 Å². The van der Waals surface area contributed by atoms with Gasteiger partial charge in [-0.3, -0.25) is 12.6 Å². The molecule has 0 nitrogen and oxygen atoms in total. The fraction of sp³-hybridized carbons (Fsp3) is 1.00. The van der Waals surface area contributed by atoms with E-state index in [0.29, 0.717) is 0 Å².